The maximum Gasteiger partial charge on any atom is 0.320 e. The number of carbonyl (C=O) groups is 1. The van der Waals surface area contributed by atoms with Crippen LogP contribution in [0.5, 0.6) is 5.75 Å². The summed E-state index contributed by atoms with van der Waals surface area (Å²) in [5.74, 6) is -5.80. The highest BCUT2D eigenvalue weighted by atomic mass is 19.3. The Bertz CT molecular complexity index is 486. The van der Waals surface area contributed by atoms with E-state index in [9.17, 15) is 18.0 Å². The number of methoxy groups -OCH3 is 1. The molecule has 0 bridgehead atoms. The van der Waals surface area contributed by atoms with Crippen molar-refractivity contribution in [2.45, 2.75) is 25.3 Å². The van der Waals surface area contributed by atoms with E-state index >= 15 is 0 Å². The normalized spacial score (nSPS) is 13.2. The predicted octanol–water partition coefficient (Wildman–Crippen LogP) is 1.90. The number of hydrogen-bond acceptors (Lipinski definition) is 3. The molecule has 1 atom stereocenters. The van der Waals surface area contributed by atoms with Gasteiger partial charge in [-0.1, -0.05) is 0 Å². The Kier molecular flexibility index (Phi) is 4.41. The first-order valence-electron chi connectivity index (χ1n) is 5.40. The molecule has 1 unspecified atom stereocenters. The summed E-state index contributed by atoms with van der Waals surface area (Å²) in [7, 11) is 1.16. The Morgan fingerprint density at radius 1 is 1.53 bits per heavy atom. The molecule has 0 heterocycles. The van der Waals surface area contributed by atoms with Crippen LogP contribution in [0.15, 0.2) is 12.1 Å². The first-order valence-corrected chi connectivity index (χ1v) is 5.40. The number of ether oxygens (including phenoxy) is 1. The van der Waals surface area contributed by atoms with Gasteiger partial charge in [0, 0.05) is 18.9 Å². The molecule has 1 aromatic rings. The van der Waals surface area contributed by atoms with Crippen molar-refractivity contribution < 1.29 is 27.8 Å². The molecule has 0 spiro atoms. The van der Waals surface area contributed by atoms with Crippen LogP contribution in [0.4, 0.5) is 13.2 Å². The smallest absolute Gasteiger partial charge is 0.320 e. The van der Waals surface area contributed by atoms with Crippen molar-refractivity contribution >= 4 is 5.97 Å². The van der Waals surface area contributed by atoms with Crippen LogP contribution in [0.2, 0.25) is 0 Å². The van der Waals surface area contributed by atoms with Crippen molar-refractivity contribution in [2.75, 3.05) is 7.11 Å². The van der Waals surface area contributed by atoms with Gasteiger partial charge in [-0.15, -0.1) is 0 Å². The molecule has 106 valence electrons. The fourth-order valence-electron chi connectivity index (χ4n) is 1.61. The summed E-state index contributed by atoms with van der Waals surface area (Å²) < 4.78 is 44.8. The van der Waals surface area contributed by atoms with Crippen LogP contribution < -0.4 is 10.5 Å². The maximum absolute atomic E-state index is 13.6. The van der Waals surface area contributed by atoms with E-state index in [1.54, 1.807) is 0 Å². The molecule has 0 aliphatic heterocycles. The lowest BCUT2D eigenvalue weighted by Gasteiger charge is -2.17. The van der Waals surface area contributed by atoms with Crippen LogP contribution in [0.25, 0.3) is 0 Å². The highest BCUT2D eigenvalue weighted by molar-refractivity contribution is 5.73. The van der Waals surface area contributed by atoms with Crippen LogP contribution in [-0.2, 0) is 17.1 Å². The Morgan fingerprint density at radius 3 is 2.53 bits per heavy atom. The predicted molar refractivity (Wildman–Crippen MR) is 61.8 cm³/mol. The highest BCUT2D eigenvalue weighted by Crippen LogP contribution is 2.33. The number of aliphatic carboxylic acids is 1. The third-order valence-electron chi connectivity index (χ3n) is 2.59. The van der Waals surface area contributed by atoms with Crippen LogP contribution in [0.3, 0.4) is 0 Å². The van der Waals surface area contributed by atoms with Gasteiger partial charge in [0.1, 0.15) is 6.04 Å². The largest absolute Gasteiger partial charge is 0.493 e. The van der Waals surface area contributed by atoms with Crippen molar-refractivity contribution in [2.24, 2.45) is 5.73 Å². The first-order chi connectivity index (χ1) is 8.66. The van der Waals surface area contributed by atoms with Crippen molar-refractivity contribution in [1.82, 2.24) is 0 Å². The number of carboxylic acid groups (broad SMARTS) is 1. The topological polar surface area (TPSA) is 72.5 Å². The standard InChI is InChI=1S/C12H14F3NO3/c1-12(14,15)7-3-6(4-9(16)11(17)18)10(19-2)8(13)5-7/h3,5,9H,4,16H2,1-2H3,(H,17,18). The zero-order valence-electron chi connectivity index (χ0n) is 10.4. The molecule has 0 aliphatic carbocycles. The van der Waals surface area contributed by atoms with E-state index in [1.165, 1.54) is 0 Å². The minimum Gasteiger partial charge on any atom is -0.493 e. The Morgan fingerprint density at radius 2 is 2.11 bits per heavy atom. The fourth-order valence-corrected chi connectivity index (χ4v) is 1.61. The second-order valence-corrected chi connectivity index (χ2v) is 4.19. The van der Waals surface area contributed by atoms with Gasteiger partial charge >= 0.3 is 5.97 Å². The van der Waals surface area contributed by atoms with E-state index in [-0.39, 0.29) is 17.7 Å². The Labute approximate surface area is 108 Å². The zero-order chi connectivity index (χ0) is 14.8. The molecular formula is C12H14F3NO3. The third kappa shape index (κ3) is 3.60. The highest BCUT2D eigenvalue weighted by Gasteiger charge is 2.28. The Hall–Kier alpha value is -1.76. The minimum absolute atomic E-state index is 0.00562. The van der Waals surface area contributed by atoms with Crippen LogP contribution in [-0.4, -0.2) is 24.2 Å². The molecular weight excluding hydrogens is 263 g/mol. The van der Waals surface area contributed by atoms with Crippen LogP contribution in [0, 0.1) is 5.82 Å². The van der Waals surface area contributed by atoms with E-state index in [0.29, 0.717) is 13.0 Å². The van der Waals surface area contributed by atoms with Gasteiger partial charge in [-0.25, -0.2) is 13.2 Å². The van der Waals surface area contributed by atoms with Gasteiger partial charge in [0.15, 0.2) is 11.6 Å². The van der Waals surface area contributed by atoms with E-state index in [4.69, 9.17) is 15.6 Å². The molecule has 4 nitrogen and oxygen atoms in total. The molecule has 0 amide bonds. The summed E-state index contributed by atoms with van der Waals surface area (Å²) in [5.41, 5.74) is 4.75. The summed E-state index contributed by atoms with van der Waals surface area (Å²) >= 11 is 0. The maximum atomic E-state index is 13.6. The second kappa shape index (κ2) is 5.48. The molecule has 1 rings (SSSR count). The van der Waals surface area contributed by atoms with Crippen molar-refractivity contribution in [3.05, 3.63) is 29.1 Å². The number of benzene rings is 1. The molecule has 0 aliphatic rings. The molecule has 1 aromatic carbocycles. The average Bonchev–Trinajstić information content (AvgIpc) is 2.27. The SMILES string of the molecule is COc1c(F)cc(C(C)(F)F)cc1CC(N)C(=O)O. The third-order valence-corrected chi connectivity index (χ3v) is 2.59. The van der Waals surface area contributed by atoms with Gasteiger partial charge in [-0.05, 0) is 17.7 Å². The van der Waals surface area contributed by atoms with Crippen molar-refractivity contribution in [1.29, 1.82) is 0 Å². The first kappa shape index (κ1) is 15.3. The summed E-state index contributed by atoms with van der Waals surface area (Å²) in [5, 5.41) is 8.70. The minimum atomic E-state index is -3.24. The van der Waals surface area contributed by atoms with Gasteiger partial charge in [0.05, 0.1) is 7.11 Å². The molecule has 0 radical (unpaired) electrons. The van der Waals surface area contributed by atoms with Gasteiger partial charge in [0.2, 0.25) is 0 Å². The van der Waals surface area contributed by atoms with Gasteiger partial charge in [-0.2, -0.15) is 0 Å². The van der Waals surface area contributed by atoms with Gasteiger partial charge < -0.3 is 15.6 Å². The van der Waals surface area contributed by atoms with E-state index in [0.717, 1.165) is 13.2 Å². The fraction of sp³-hybridized carbons (Fsp3) is 0.417. The van der Waals surface area contributed by atoms with E-state index < -0.39 is 29.3 Å². The number of rotatable bonds is 5. The van der Waals surface area contributed by atoms with Crippen molar-refractivity contribution in [3.8, 4) is 5.75 Å². The number of alkyl halides is 2. The van der Waals surface area contributed by atoms with Crippen molar-refractivity contribution in [3.63, 3.8) is 0 Å². The molecule has 3 N–H and O–H groups in total. The van der Waals surface area contributed by atoms with E-state index in [2.05, 4.69) is 0 Å². The number of hydrogen-bond donors (Lipinski definition) is 2. The molecule has 0 aromatic heterocycles. The number of halogens is 3. The number of nitrogens with two attached hydrogens (primary N) is 1. The lowest BCUT2D eigenvalue weighted by atomic mass is 10.00. The summed E-state index contributed by atoms with van der Waals surface area (Å²) in [4.78, 5) is 10.7. The molecule has 19 heavy (non-hydrogen) atoms. The number of carboxylic acids is 1. The summed E-state index contributed by atoms with van der Waals surface area (Å²) in [6.07, 6.45) is -0.306. The summed E-state index contributed by atoms with van der Waals surface area (Å²) in [6, 6.07) is 0.341. The molecule has 0 saturated heterocycles. The Balaban J connectivity index is 3.27. The lowest BCUT2D eigenvalue weighted by molar-refractivity contribution is -0.138. The van der Waals surface area contributed by atoms with Crippen LogP contribution in [0.1, 0.15) is 18.1 Å². The molecule has 0 fully saturated rings. The molecule has 7 heteroatoms. The zero-order valence-corrected chi connectivity index (χ0v) is 10.4. The van der Waals surface area contributed by atoms with Gasteiger partial charge in [0.25, 0.3) is 5.92 Å². The summed E-state index contributed by atoms with van der Waals surface area (Å²) in [6.45, 7) is 0.620. The molecule has 0 saturated carbocycles. The quantitative estimate of drug-likeness (QED) is 0.862. The van der Waals surface area contributed by atoms with E-state index in [1.807, 2.05) is 0 Å². The van der Waals surface area contributed by atoms with Crippen LogP contribution >= 0.6 is 0 Å². The van der Waals surface area contributed by atoms with Gasteiger partial charge in [-0.3, -0.25) is 4.79 Å². The average molecular weight is 277 g/mol. The lowest BCUT2D eigenvalue weighted by Crippen LogP contribution is -2.32. The monoisotopic (exact) mass is 277 g/mol. The second-order valence-electron chi connectivity index (χ2n) is 4.19.